The first-order valence-corrected chi connectivity index (χ1v) is 7.08. The van der Waals surface area contributed by atoms with Crippen LogP contribution in [-0.2, 0) is 6.54 Å². The lowest BCUT2D eigenvalue weighted by Crippen LogP contribution is -2.17. The van der Waals surface area contributed by atoms with Gasteiger partial charge in [0.25, 0.3) is 5.91 Å². The Bertz CT molecular complexity index is 672. The third-order valence-corrected chi connectivity index (χ3v) is 3.94. The maximum absolute atomic E-state index is 12.2. The van der Waals surface area contributed by atoms with Crippen LogP contribution in [-0.4, -0.2) is 26.5 Å². The lowest BCUT2D eigenvalue weighted by atomic mass is 10.3. The van der Waals surface area contributed by atoms with E-state index < -0.39 is 0 Å². The minimum Gasteiger partial charge on any atom is -0.296 e. The number of hydrogen-bond acceptors (Lipinski definition) is 5. The lowest BCUT2D eigenvalue weighted by molar-refractivity contribution is 0.101. The molecule has 1 N–H and O–H groups in total. The van der Waals surface area contributed by atoms with E-state index >= 15 is 0 Å². The number of anilines is 1. The summed E-state index contributed by atoms with van der Waals surface area (Å²) in [6, 6.07) is 1.73. The summed E-state index contributed by atoms with van der Waals surface area (Å²) in [4.78, 5) is 28.4. The van der Waals surface area contributed by atoms with Crippen LogP contribution in [0.1, 0.15) is 45.4 Å². The Labute approximate surface area is 120 Å². The highest BCUT2D eigenvalue weighted by atomic mass is 32.1. The molecule has 0 atom stereocenters. The van der Waals surface area contributed by atoms with Crippen LogP contribution in [0.4, 0.5) is 5.13 Å². The largest absolute Gasteiger partial charge is 0.296 e. The molecule has 2 rings (SSSR count). The summed E-state index contributed by atoms with van der Waals surface area (Å²) in [5.74, 6) is -0.314. The quantitative estimate of drug-likeness (QED) is 0.878. The Balaban J connectivity index is 2.23. The maximum Gasteiger partial charge on any atom is 0.275 e. The van der Waals surface area contributed by atoms with Crippen LogP contribution in [0.2, 0.25) is 0 Å². The number of nitrogens with one attached hydrogen (secondary N) is 1. The molecule has 0 bridgehead atoms. The summed E-state index contributed by atoms with van der Waals surface area (Å²) >= 11 is 1.19. The normalized spacial score (nSPS) is 10.6. The van der Waals surface area contributed by atoms with E-state index in [0.717, 1.165) is 5.69 Å². The van der Waals surface area contributed by atoms with Crippen molar-refractivity contribution in [3.05, 3.63) is 28.0 Å². The molecule has 6 nitrogen and oxygen atoms in total. The van der Waals surface area contributed by atoms with Gasteiger partial charge in [0, 0.05) is 13.5 Å². The Morgan fingerprint density at radius 2 is 2.10 bits per heavy atom. The highest BCUT2D eigenvalue weighted by Crippen LogP contribution is 2.23. The maximum atomic E-state index is 12.2. The fourth-order valence-electron chi connectivity index (χ4n) is 1.91. The number of thiazole rings is 1. The number of hydrogen-bond donors (Lipinski definition) is 1. The van der Waals surface area contributed by atoms with Gasteiger partial charge in [-0.15, -0.1) is 0 Å². The summed E-state index contributed by atoms with van der Waals surface area (Å²) in [7, 11) is 0. The van der Waals surface area contributed by atoms with Crippen molar-refractivity contribution in [3.63, 3.8) is 0 Å². The third-order valence-electron chi connectivity index (χ3n) is 2.77. The zero-order valence-corrected chi connectivity index (χ0v) is 12.7. The van der Waals surface area contributed by atoms with Crippen molar-refractivity contribution < 1.29 is 9.59 Å². The summed E-state index contributed by atoms with van der Waals surface area (Å²) in [5.41, 5.74) is 1.91. The highest BCUT2D eigenvalue weighted by molar-refractivity contribution is 7.17. The van der Waals surface area contributed by atoms with Gasteiger partial charge in [-0.05, 0) is 26.8 Å². The van der Waals surface area contributed by atoms with E-state index in [2.05, 4.69) is 15.4 Å². The second-order valence-corrected chi connectivity index (χ2v) is 5.43. The van der Waals surface area contributed by atoms with Gasteiger partial charge in [0.15, 0.2) is 10.9 Å². The molecule has 2 aromatic heterocycles. The predicted molar refractivity (Wildman–Crippen MR) is 77.4 cm³/mol. The minimum atomic E-state index is -0.267. The fourth-order valence-corrected chi connectivity index (χ4v) is 2.76. The van der Waals surface area contributed by atoms with Gasteiger partial charge >= 0.3 is 0 Å². The minimum absolute atomic E-state index is 0.0463. The number of aryl methyl sites for hydroxylation is 3. The zero-order chi connectivity index (χ0) is 14.9. The van der Waals surface area contributed by atoms with Crippen LogP contribution in [0.25, 0.3) is 0 Å². The first kappa shape index (κ1) is 14.4. The van der Waals surface area contributed by atoms with Crippen molar-refractivity contribution in [2.45, 2.75) is 34.2 Å². The first-order valence-electron chi connectivity index (χ1n) is 6.26. The Morgan fingerprint density at radius 3 is 2.65 bits per heavy atom. The molecule has 0 aliphatic heterocycles. The standard InChI is InChI=1S/C13H16N4O2S/c1-5-17-10(6-7(2)16-17)12(19)15-13-14-8(3)11(20-13)9(4)18/h6H,5H2,1-4H3,(H,14,15,19). The van der Waals surface area contributed by atoms with Crippen molar-refractivity contribution in [1.29, 1.82) is 0 Å². The third kappa shape index (κ3) is 2.77. The molecule has 0 aliphatic carbocycles. The van der Waals surface area contributed by atoms with Crippen LogP contribution in [0.5, 0.6) is 0 Å². The molecule has 2 aromatic rings. The number of aromatic nitrogens is 3. The molecule has 7 heteroatoms. The summed E-state index contributed by atoms with van der Waals surface area (Å²) in [6.45, 7) is 7.62. The molecular formula is C13H16N4O2S. The van der Waals surface area contributed by atoms with E-state index in [9.17, 15) is 9.59 Å². The van der Waals surface area contributed by atoms with Crippen molar-refractivity contribution in [1.82, 2.24) is 14.8 Å². The smallest absolute Gasteiger partial charge is 0.275 e. The molecule has 0 saturated heterocycles. The van der Waals surface area contributed by atoms with Crippen LogP contribution in [0.3, 0.4) is 0 Å². The van der Waals surface area contributed by atoms with Crippen molar-refractivity contribution in [2.24, 2.45) is 0 Å². The SMILES string of the molecule is CCn1nc(C)cc1C(=O)Nc1nc(C)c(C(C)=O)s1. The summed E-state index contributed by atoms with van der Waals surface area (Å²) in [5, 5.41) is 7.38. The molecule has 0 spiro atoms. The highest BCUT2D eigenvalue weighted by Gasteiger charge is 2.17. The van der Waals surface area contributed by atoms with Crippen molar-refractivity contribution in [3.8, 4) is 0 Å². The number of Topliss-reactive ketones (excluding diaryl/α,β-unsaturated/α-hetero) is 1. The number of carbonyl (C=O) groups is 2. The van der Waals surface area contributed by atoms with E-state index in [1.54, 1.807) is 17.7 Å². The van der Waals surface area contributed by atoms with Gasteiger partial charge < -0.3 is 0 Å². The summed E-state index contributed by atoms with van der Waals surface area (Å²) < 4.78 is 1.64. The molecular weight excluding hydrogens is 276 g/mol. The number of ketones is 1. The molecule has 0 unspecified atom stereocenters. The first-order chi connectivity index (χ1) is 9.42. The second kappa shape index (κ2) is 5.54. The lowest BCUT2D eigenvalue weighted by Gasteiger charge is -2.03. The Morgan fingerprint density at radius 1 is 1.40 bits per heavy atom. The molecule has 0 fully saturated rings. The molecule has 0 radical (unpaired) electrons. The van der Waals surface area contributed by atoms with Crippen LogP contribution < -0.4 is 5.32 Å². The number of carbonyl (C=O) groups excluding carboxylic acids is 2. The van der Waals surface area contributed by atoms with Gasteiger partial charge in [-0.25, -0.2) is 4.98 Å². The molecule has 1 amide bonds. The predicted octanol–water partition coefficient (Wildman–Crippen LogP) is 2.43. The topological polar surface area (TPSA) is 76.9 Å². The second-order valence-electron chi connectivity index (χ2n) is 4.43. The van der Waals surface area contributed by atoms with Gasteiger partial charge in [-0.2, -0.15) is 5.10 Å². The van der Waals surface area contributed by atoms with Crippen molar-refractivity contribution in [2.75, 3.05) is 5.32 Å². The Kier molecular flexibility index (Phi) is 3.99. The van der Waals surface area contributed by atoms with E-state index in [4.69, 9.17) is 0 Å². The molecule has 106 valence electrons. The number of amides is 1. The molecule has 2 heterocycles. The molecule has 20 heavy (non-hydrogen) atoms. The molecule has 0 aliphatic rings. The van der Waals surface area contributed by atoms with E-state index in [-0.39, 0.29) is 11.7 Å². The molecule has 0 aromatic carbocycles. The van der Waals surface area contributed by atoms with E-state index in [0.29, 0.717) is 27.9 Å². The van der Waals surface area contributed by atoms with Crippen LogP contribution >= 0.6 is 11.3 Å². The summed E-state index contributed by atoms with van der Waals surface area (Å²) in [6.07, 6.45) is 0. The van der Waals surface area contributed by atoms with E-state index in [1.807, 2.05) is 13.8 Å². The molecule has 0 saturated carbocycles. The van der Waals surface area contributed by atoms with E-state index in [1.165, 1.54) is 18.3 Å². The van der Waals surface area contributed by atoms with Crippen LogP contribution in [0.15, 0.2) is 6.07 Å². The van der Waals surface area contributed by atoms with Crippen molar-refractivity contribution >= 4 is 28.2 Å². The zero-order valence-electron chi connectivity index (χ0n) is 11.9. The van der Waals surface area contributed by atoms with Crippen LogP contribution in [0, 0.1) is 13.8 Å². The van der Waals surface area contributed by atoms with Gasteiger partial charge in [-0.3, -0.25) is 19.6 Å². The average Bonchev–Trinajstić information content (AvgIpc) is 2.92. The van der Waals surface area contributed by atoms with Gasteiger partial charge in [0.2, 0.25) is 0 Å². The van der Waals surface area contributed by atoms with Gasteiger partial charge in [0.1, 0.15) is 5.69 Å². The monoisotopic (exact) mass is 292 g/mol. The number of nitrogens with zero attached hydrogens (tertiary/aromatic N) is 3. The fraction of sp³-hybridized carbons (Fsp3) is 0.385. The van der Waals surface area contributed by atoms with Gasteiger partial charge in [0.05, 0.1) is 16.3 Å². The Hall–Kier alpha value is -2.02. The average molecular weight is 292 g/mol. The van der Waals surface area contributed by atoms with Gasteiger partial charge in [-0.1, -0.05) is 11.3 Å². The number of rotatable bonds is 4.